The monoisotopic (exact) mass is 340 g/mol. The Balaban J connectivity index is 1.60. The van der Waals surface area contributed by atoms with Crippen molar-refractivity contribution in [1.29, 1.82) is 0 Å². The number of phenols is 1. The van der Waals surface area contributed by atoms with Crippen molar-refractivity contribution in [3.63, 3.8) is 0 Å². The Labute approximate surface area is 145 Å². The van der Waals surface area contributed by atoms with Crippen LogP contribution in [0.3, 0.4) is 0 Å². The number of amides is 2. The van der Waals surface area contributed by atoms with Gasteiger partial charge in [0, 0.05) is 38.1 Å². The van der Waals surface area contributed by atoms with Crippen LogP contribution in [0.1, 0.15) is 28.9 Å². The fourth-order valence-electron chi connectivity index (χ4n) is 2.98. The highest BCUT2D eigenvalue weighted by molar-refractivity contribution is 5.99. The van der Waals surface area contributed by atoms with Crippen molar-refractivity contribution >= 4 is 11.8 Å². The number of nitrogens with one attached hydrogen (secondary N) is 1. The molecule has 2 amide bonds. The Hall–Kier alpha value is -2.96. The van der Waals surface area contributed by atoms with E-state index in [1.54, 1.807) is 36.8 Å². The van der Waals surface area contributed by atoms with Crippen LogP contribution in [0.4, 0.5) is 0 Å². The normalized spacial score (nSPS) is 16.6. The third-order valence-corrected chi connectivity index (χ3v) is 4.25. The minimum absolute atomic E-state index is 0.0683. The van der Waals surface area contributed by atoms with E-state index in [9.17, 15) is 14.7 Å². The molecule has 1 aromatic heterocycles. The third-order valence-electron chi connectivity index (χ3n) is 4.25. The topological polar surface area (TPSA) is 95.4 Å². The van der Waals surface area contributed by atoms with Gasteiger partial charge in [0.05, 0.1) is 11.3 Å². The summed E-state index contributed by atoms with van der Waals surface area (Å²) in [6.07, 6.45) is 6.84. The average molecular weight is 340 g/mol. The van der Waals surface area contributed by atoms with Gasteiger partial charge in [-0.05, 0) is 25.0 Å². The average Bonchev–Trinajstić information content (AvgIpc) is 3.12. The molecule has 0 bridgehead atoms. The van der Waals surface area contributed by atoms with Crippen molar-refractivity contribution in [3.8, 4) is 5.75 Å². The second kappa shape index (κ2) is 7.74. The van der Waals surface area contributed by atoms with E-state index >= 15 is 0 Å². The maximum atomic E-state index is 12.6. The summed E-state index contributed by atoms with van der Waals surface area (Å²) in [5.74, 6) is -0.559. The lowest BCUT2D eigenvalue weighted by Gasteiger charge is -2.24. The van der Waals surface area contributed by atoms with Gasteiger partial charge >= 0.3 is 0 Å². The second-order valence-electron chi connectivity index (χ2n) is 5.91. The summed E-state index contributed by atoms with van der Waals surface area (Å²) in [6.45, 7) is 0.946. The van der Waals surface area contributed by atoms with E-state index in [0.29, 0.717) is 25.9 Å². The molecule has 1 aromatic carbocycles. The van der Waals surface area contributed by atoms with E-state index in [0.717, 1.165) is 12.1 Å². The molecule has 0 spiro atoms. The van der Waals surface area contributed by atoms with E-state index in [1.807, 2.05) is 0 Å². The molecule has 2 heterocycles. The number of aromatic hydroxyl groups is 1. The van der Waals surface area contributed by atoms with Crippen molar-refractivity contribution in [2.45, 2.75) is 25.3 Å². The largest absolute Gasteiger partial charge is 0.507 e. The van der Waals surface area contributed by atoms with Gasteiger partial charge in [0.2, 0.25) is 5.91 Å². The zero-order valence-electron chi connectivity index (χ0n) is 13.8. The number of para-hydroxylation sites is 1. The molecule has 7 nitrogen and oxygen atoms in total. The minimum atomic E-state index is -0.506. The quantitative estimate of drug-likeness (QED) is 0.851. The van der Waals surface area contributed by atoms with Gasteiger partial charge in [-0.3, -0.25) is 19.6 Å². The first-order chi connectivity index (χ1) is 12.2. The van der Waals surface area contributed by atoms with Gasteiger partial charge in [0.1, 0.15) is 11.8 Å². The maximum Gasteiger partial charge on any atom is 0.258 e. The van der Waals surface area contributed by atoms with E-state index < -0.39 is 6.04 Å². The molecule has 3 rings (SSSR count). The summed E-state index contributed by atoms with van der Waals surface area (Å²) in [4.78, 5) is 34.8. The first kappa shape index (κ1) is 16.9. The summed E-state index contributed by atoms with van der Waals surface area (Å²) in [5, 5.41) is 12.7. The van der Waals surface area contributed by atoms with Gasteiger partial charge in [-0.2, -0.15) is 0 Å². The van der Waals surface area contributed by atoms with E-state index in [-0.39, 0.29) is 23.1 Å². The van der Waals surface area contributed by atoms with Gasteiger partial charge in [-0.15, -0.1) is 0 Å². The molecule has 0 aliphatic carbocycles. The van der Waals surface area contributed by atoms with Crippen molar-refractivity contribution in [2.24, 2.45) is 0 Å². The standard InChI is InChI=1S/C18H20N4O3/c23-16-6-2-1-4-14(16)18(25)22-11-3-5-15(22)17(24)21-8-7-13-12-19-9-10-20-13/h1-2,4,6,9-10,12,15,23H,3,5,7-8,11H2,(H,21,24). The Kier molecular flexibility index (Phi) is 5.23. The predicted molar refractivity (Wildman–Crippen MR) is 90.9 cm³/mol. The third kappa shape index (κ3) is 3.93. The molecule has 1 aliphatic rings. The number of rotatable bonds is 5. The molecule has 130 valence electrons. The number of likely N-dealkylation sites (tertiary alicyclic amines) is 1. The Morgan fingerprint density at radius 3 is 2.88 bits per heavy atom. The number of carbonyl (C=O) groups is 2. The van der Waals surface area contributed by atoms with Crippen LogP contribution in [-0.2, 0) is 11.2 Å². The molecule has 2 aromatic rings. The highest BCUT2D eigenvalue weighted by Crippen LogP contribution is 2.24. The van der Waals surface area contributed by atoms with E-state index in [4.69, 9.17) is 0 Å². The second-order valence-corrected chi connectivity index (χ2v) is 5.91. The number of carbonyl (C=O) groups excluding carboxylic acids is 2. The van der Waals surface area contributed by atoms with Crippen LogP contribution in [0, 0.1) is 0 Å². The Morgan fingerprint density at radius 1 is 1.28 bits per heavy atom. The lowest BCUT2D eigenvalue weighted by molar-refractivity contribution is -0.124. The number of benzene rings is 1. The molecule has 1 fully saturated rings. The minimum Gasteiger partial charge on any atom is -0.507 e. The molecule has 1 unspecified atom stereocenters. The lowest BCUT2D eigenvalue weighted by Crippen LogP contribution is -2.46. The summed E-state index contributed by atoms with van der Waals surface area (Å²) in [5.41, 5.74) is 1.03. The first-order valence-electron chi connectivity index (χ1n) is 8.28. The number of hydrogen-bond donors (Lipinski definition) is 2. The highest BCUT2D eigenvalue weighted by Gasteiger charge is 2.35. The molecule has 0 saturated carbocycles. The molecule has 1 aliphatic heterocycles. The van der Waals surface area contributed by atoms with Crippen LogP contribution in [0.15, 0.2) is 42.9 Å². The lowest BCUT2D eigenvalue weighted by atomic mass is 10.1. The zero-order valence-corrected chi connectivity index (χ0v) is 13.8. The number of hydrogen-bond acceptors (Lipinski definition) is 5. The maximum absolute atomic E-state index is 12.6. The molecular formula is C18H20N4O3. The van der Waals surface area contributed by atoms with Gasteiger partial charge in [-0.1, -0.05) is 12.1 Å². The van der Waals surface area contributed by atoms with Gasteiger partial charge in [0.15, 0.2) is 0 Å². The predicted octanol–water partition coefficient (Wildman–Crippen LogP) is 1.15. The summed E-state index contributed by atoms with van der Waals surface area (Å²) in [7, 11) is 0. The van der Waals surface area contributed by atoms with Crippen LogP contribution in [0.5, 0.6) is 5.75 Å². The van der Waals surface area contributed by atoms with Gasteiger partial charge in [-0.25, -0.2) is 0 Å². The molecular weight excluding hydrogens is 320 g/mol. The van der Waals surface area contributed by atoms with Crippen LogP contribution >= 0.6 is 0 Å². The first-order valence-corrected chi connectivity index (χ1v) is 8.28. The van der Waals surface area contributed by atoms with Crippen LogP contribution in [-0.4, -0.2) is 50.9 Å². The smallest absolute Gasteiger partial charge is 0.258 e. The molecule has 2 N–H and O–H groups in total. The summed E-state index contributed by atoms with van der Waals surface area (Å²) in [6, 6.07) is 5.89. The molecule has 1 atom stereocenters. The Bertz CT molecular complexity index is 751. The van der Waals surface area contributed by atoms with E-state index in [1.165, 1.54) is 11.0 Å². The molecule has 1 saturated heterocycles. The van der Waals surface area contributed by atoms with E-state index in [2.05, 4.69) is 15.3 Å². The number of nitrogens with zero attached hydrogens (tertiary/aromatic N) is 3. The van der Waals surface area contributed by atoms with Gasteiger partial charge in [0.25, 0.3) is 5.91 Å². The number of aromatic nitrogens is 2. The van der Waals surface area contributed by atoms with Crippen LogP contribution in [0.25, 0.3) is 0 Å². The van der Waals surface area contributed by atoms with Crippen molar-refractivity contribution < 1.29 is 14.7 Å². The number of phenolic OH excluding ortho intramolecular Hbond substituents is 1. The molecule has 7 heteroatoms. The van der Waals surface area contributed by atoms with Crippen LogP contribution < -0.4 is 5.32 Å². The van der Waals surface area contributed by atoms with Crippen LogP contribution in [0.2, 0.25) is 0 Å². The van der Waals surface area contributed by atoms with Gasteiger partial charge < -0.3 is 15.3 Å². The van der Waals surface area contributed by atoms with Crippen molar-refractivity contribution in [2.75, 3.05) is 13.1 Å². The fraction of sp³-hybridized carbons (Fsp3) is 0.333. The SMILES string of the molecule is O=C(NCCc1cnccn1)C1CCCN1C(=O)c1ccccc1O. The fourth-order valence-corrected chi connectivity index (χ4v) is 2.98. The highest BCUT2D eigenvalue weighted by atomic mass is 16.3. The summed E-state index contributed by atoms with van der Waals surface area (Å²) < 4.78 is 0. The Morgan fingerprint density at radius 2 is 2.12 bits per heavy atom. The zero-order chi connectivity index (χ0) is 17.6. The van der Waals surface area contributed by atoms with Crippen molar-refractivity contribution in [3.05, 3.63) is 54.1 Å². The molecule has 25 heavy (non-hydrogen) atoms. The summed E-state index contributed by atoms with van der Waals surface area (Å²) >= 11 is 0. The molecule has 0 radical (unpaired) electrons. The van der Waals surface area contributed by atoms with Crippen molar-refractivity contribution in [1.82, 2.24) is 20.2 Å².